The van der Waals surface area contributed by atoms with Crippen molar-refractivity contribution in [3.63, 3.8) is 0 Å². The van der Waals surface area contributed by atoms with E-state index in [0.717, 1.165) is 59.9 Å². The van der Waals surface area contributed by atoms with Gasteiger partial charge in [0, 0.05) is 125 Å². The second-order valence-electron chi connectivity index (χ2n) is 34.2. The number of phenolic OH excluding ortho intramolecular Hbond substituents is 1. The monoisotopic (exact) mass is 2300 g/mol. The van der Waals surface area contributed by atoms with E-state index in [9.17, 15) is 49.0 Å². The number of phenols is 1. The molecule has 136 heavy (non-hydrogen) atoms. The highest BCUT2D eigenvalue weighted by atomic mass is 127. The number of nitro groups is 2. The molecule has 6 aromatic rings. The summed E-state index contributed by atoms with van der Waals surface area (Å²) < 4.78 is 47.1. The molecule has 0 bridgehead atoms. The summed E-state index contributed by atoms with van der Waals surface area (Å²) in [5.41, 5.74) is 21.8. The first-order chi connectivity index (χ1) is 63.4. The lowest BCUT2D eigenvalue weighted by molar-refractivity contribution is -0.385. The number of carbonyl (C=O) groups is 7. The molecule has 6 rings (SSSR count). The van der Waals surface area contributed by atoms with Crippen LogP contribution in [0.15, 0.2) is 123 Å². The number of aldehydes is 1. The third kappa shape index (κ3) is 64.1. The van der Waals surface area contributed by atoms with E-state index in [2.05, 4.69) is 95.9 Å². The Balaban J connectivity index is 0. The molecule has 0 saturated carbocycles. The Morgan fingerprint density at radius 3 is 1.10 bits per heavy atom. The van der Waals surface area contributed by atoms with Crippen LogP contribution in [0.3, 0.4) is 0 Å². The molecule has 0 saturated heterocycles. The number of nitro benzene ring substituents is 2. The maximum absolute atomic E-state index is 12.4. The fraction of sp³-hybridized carbons (Fsp3) is 0.533. The Labute approximate surface area is 867 Å². The first-order valence-corrected chi connectivity index (χ1v) is 50.0. The number of non-ortho nitro benzene ring substituents is 2. The molecule has 12 N–H and O–H groups in total. The molecule has 6 aromatic carbocycles. The molecule has 44 heteroatoms. The number of alkyl halides is 6. The van der Waals surface area contributed by atoms with Gasteiger partial charge >= 0.3 is 30.9 Å². The largest absolute Gasteiger partial charge is 0.507 e. The lowest BCUT2D eigenvalue weighted by atomic mass is 9.87. The zero-order chi connectivity index (χ0) is 104. The number of carbonyl (C=O) groups excluding carboxylic acids is 6. The standard InChI is InChI=1S/C22H34BCl2N2O4.C18H28BN2O4.C17H26Cl2N2O3.C9H19BINO3.C9H10BrNO3.C9H12BrNO.C6H4BrNO3.C2H3ClO/c1-16(2)30-20-7-6-19(27(10-8-24)11-9-25)13-17(20)12-18(26-23-15-28)14-21(29)31-22(3,4)5;1-12(2)24-16-7-6-14(20)8-13(16)9-15(21-19-11-22)10-17(23)25-18(3,4)5;1-12(2)24-16-4-3-15(21(7-5-18)8-6-19)10-13(16)9-14(20)11-17(22)23;1-9(2,3)15-8(13)5-7(6-11)12-10(4)14;1-6(2)14-9-4-3-7(11(12)13)5-8(9)10;1-6(2)12-9-4-3-7(11)5-8(9)10;7-5-3-4(8(10)11)1-2-6(5)9;3-1-2-4/h6-7,13,15-16,18,26H,8-12,14H2,1-5H3;6-8,11-12,15,21H,9-10,20H2,1-5H3;3-4,10,12,14H,5-9,11,20H2,1-2H3,(H,22,23);7,12,14H,5-6H2,1-4H3;3-6H,1-2H3;3-6H,11H2,1-2H3;1-3,9H;2H,1H2/t18-;15-;14-;7-;;;;/m0001..../s1. The number of aliphatic carboxylic acids is 1. The second kappa shape index (κ2) is 71.1. The van der Waals surface area contributed by atoms with E-state index >= 15 is 0 Å². The molecule has 0 amide bonds. The molecule has 0 heterocycles. The van der Waals surface area contributed by atoms with Gasteiger partial charge in [-0.3, -0.25) is 39.4 Å². The van der Waals surface area contributed by atoms with E-state index in [-0.39, 0.29) is 115 Å². The van der Waals surface area contributed by atoms with E-state index in [1.165, 1.54) is 45.2 Å². The van der Waals surface area contributed by atoms with E-state index in [1.807, 2.05) is 198 Å². The number of hydrogen-bond acceptors (Lipinski definition) is 29. The number of nitrogen functional groups attached to an aromatic ring is 2. The van der Waals surface area contributed by atoms with Crippen molar-refractivity contribution < 1.29 is 96.5 Å². The highest BCUT2D eigenvalue weighted by molar-refractivity contribution is 14.1. The molecule has 0 spiro atoms. The number of carboxylic acids is 1. The number of aromatic hydroxyl groups is 1. The van der Waals surface area contributed by atoms with Gasteiger partial charge in [-0.05, 0) is 307 Å². The van der Waals surface area contributed by atoms with Crippen LogP contribution in [0.4, 0.5) is 34.1 Å². The summed E-state index contributed by atoms with van der Waals surface area (Å²) in [7, 11) is 1.98. The smallest absolute Gasteiger partial charge is 0.373 e. The molecule has 0 aliphatic carbocycles. The number of rotatable bonds is 46. The summed E-state index contributed by atoms with van der Waals surface area (Å²) in [5.74, 6) is 3.87. The maximum Gasteiger partial charge on any atom is 0.373 e. The van der Waals surface area contributed by atoms with Crippen molar-refractivity contribution in [1.82, 2.24) is 15.7 Å². The van der Waals surface area contributed by atoms with Gasteiger partial charge in [0.15, 0.2) is 0 Å². The Morgan fingerprint density at radius 2 is 0.801 bits per heavy atom. The predicted molar refractivity (Wildman–Crippen MR) is 570 cm³/mol. The van der Waals surface area contributed by atoms with E-state index in [1.54, 1.807) is 19.0 Å². The SMILES string of the molecule is CB(O)N[C@@H](CI)CC(=O)OC(C)(C)C.CC(C)Oc1ccc(N(CCCl)CCCl)cc1C[C@@H](CC(=O)OC(C)(C)C)N[B]C=O.CC(C)Oc1ccc(N(CCCl)CCCl)cc1C[C@H](N)CC(=O)O.CC(C)Oc1ccc(N)cc1Br.CC(C)Oc1ccc(N)cc1C[C@@H](CC(=O)OC(C)(C)C)N[B]C=O.CC(C)Oc1ccc([N+](=O)[O-])cc1Br.O=CCCl.O=[N+]([O-])c1ccc(O)c(Br)c1. The molecular weight excluding hydrogens is 2170 g/mol. The molecule has 0 aliphatic rings. The van der Waals surface area contributed by atoms with Crippen LogP contribution in [0.25, 0.3) is 0 Å². The van der Waals surface area contributed by atoms with Crippen molar-refractivity contribution >= 4 is 227 Å². The van der Waals surface area contributed by atoms with Crippen LogP contribution < -0.4 is 66.4 Å². The quantitative estimate of drug-likeness (QED) is 0.00197. The Hall–Kier alpha value is -7.38. The summed E-state index contributed by atoms with van der Waals surface area (Å²) >= 11 is 40.2. The van der Waals surface area contributed by atoms with Gasteiger partial charge in [0.05, 0.1) is 97.7 Å². The summed E-state index contributed by atoms with van der Waals surface area (Å²) in [5, 5.41) is 56.4. The Kier molecular flexibility index (Phi) is 68.3. The summed E-state index contributed by atoms with van der Waals surface area (Å²) in [6.07, 6.45) is 4.00. The minimum atomic E-state index is -0.907. The highest BCUT2D eigenvalue weighted by Crippen LogP contribution is 2.34. The molecule has 0 aliphatic heterocycles. The molecule has 0 fully saturated rings. The molecule has 4 atom stereocenters. The van der Waals surface area contributed by atoms with Gasteiger partial charge in [0.1, 0.15) is 57.6 Å². The van der Waals surface area contributed by atoms with Crippen molar-refractivity contribution in [3.8, 4) is 34.5 Å². The number of nitrogens with zero attached hydrogens (tertiary/aromatic N) is 4. The van der Waals surface area contributed by atoms with Crippen LogP contribution in [-0.4, -0.2) is 221 Å². The second-order valence-corrected chi connectivity index (χ2v) is 39.4. The van der Waals surface area contributed by atoms with Crippen molar-refractivity contribution in [2.75, 3.05) is 81.3 Å². The number of ether oxygens (including phenoxy) is 8. The predicted octanol–water partition coefficient (Wildman–Crippen LogP) is 18.7. The van der Waals surface area contributed by atoms with Crippen LogP contribution in [0.1, 0.15) is 174 Å². The fourth-order valence-electron chi connectivity index (χ4n) is 11.4. The van der Waals surface area contributed by atoms with Gasteiger partial charge in [-0.1, -0.05) is 22.6 Å². The lowest BCUT2D eigenvalue weighted by Gasteiger charge is -2.26. The molecular formula is C92H136B3Br3Cl5IN10O22. The summed E-state index contributed by atoms with van der Waals surface area (Å²) in [6.45, 7) is 40.2. The normalized spacial score (nSPS) is 11.7. The van der Waals surface area contributed by atoms with Crippen molar-refractivity contribution in [2.24, 2.45) is 5.73 Å². The van der Waals surface area contributed by atoms with Gasteiger partial charge in [-0.15, -0.1) is 58.0 Å². The fourth-order valence-corrected chi connectivity index (χ4v) is 14.1. The van der Waals surface area contributed by atoms with Gasteiger partial charge in [0.25, 0.3) is 26.2 Å². The molecule has 758 valence electrons. The molecule has 0 aromatic heterocycles. The number of anilines is 4. The summed E-state index contributed by atoms with van der Waals surface area (Å²) in [4.78, 5) is 101. The van der Waals surface area contributed by atoms with Crippen LogP contribution in [0, 0.1) is 20.2 Å². The van der Waals surface area contributed by atoms with Gasteiger partial charge in [0.2, 0.25) is 0 Å². The van der Waals surface area contributed by atoms with Crippen LogP contribution >= 0.6 is 128 Å². The van der Waals surface area contributed by atoms with E-state index in [4.69, 9.17) is 133 Å². The highest BCUT2D eigenvalue weighted by Gasteiger charge is 2.27. The van der Waals surface area contributed by atoms with Gasteiger partial charge in [-0.25, -0.2) is 0 Å². The summed E-state index contributed by atoms with van der Waals surface area (Å²) in [6, 6.07) is 29.7. The topological polar surface area (TPSA) is 461 Å². The van der Waals surface area contributed by atoms with Crippen LogP contribution in [0.5, 0.6) is 34.5 Å². The average molecular weight is 2310 g/mol. The van der Waals surface area contributed by atoms with Crippen molar-refractivity contribution in [1.29, 1.82) is 0 Å². The zero-order valence-corrected chi connectivity index (χ0v) is 91.8. The zero-order valence-electron chi connectivity index (χ0n) is 81.1. The number of benzene rings is 6. The maximum atomic E-state index is 12.4. The first-order valence-electron chi connectivity index (χ1n) is 43.5. The number of carboxylic acid groups (broad SMARTS) is 1. The average Bonchev–Trinajstić information content (AvgIpc) is 0.827. The van der Waals surface area contributed by atoms with Crippen LogP contribution in [-0.2, 0) is 67.0 Å². The minimum absolute atomic E-state index is 0.00407. The van der Waals surface area contributed by atoms with E-state index < -0.39 is 45.7 Å². The Morgan fingerprint density at radius 1 is 0.493 bits per heavy atom. The van der Waals surface area contributed by atoms with E-state index in [0.29, 0.717) is 114 Å². The number of esters is 3. The molecule has 0 unspecified atom stereocenters. The van der Waals surface area contributed by atoms with Gasteiger partial charge in [-0.2, -0.15) is 0 Å². The molecule has 2 radical (unpaired) electrons. The number of hydrogen-bond donors (Lipinski definition) is 9. The van der Waals surface area contributed by atoms with Gasteiger partial charge < -0.3 is 110 Å². The lowest BCUT2D eigenvalue weighted by Crippen LogP contribution is -2.43. The number of halogens is 9. The first kappa shape index (κ1) is 131. The van der Waals surface area contributed by atoms with Crippen molar-refractivity contribution in [2.45, 2.75) is 255 Å². The molecule has 32 nitrogen and oxygen atoms in total. The third-order valence-electron chi connectivity index (χ3n) is 16.2. The van der Waals surface area contributed by atoms with Crippen molar-refractivity contribution in [3.05, 3.63) is 160 Å². The third-order valence-corrected chi connectivity index (χ3v) is 20.0. The number of nitrogens with two attached hydrogens (primary N) is 3. The number of nitrogens with one attached hydrogen (secondary N) is 3. The van der Waals surface area contributed by atoms with Crippen LogP contribution in [0.2, 0.25) is 6.82 Å². The Bertz CT molecular complexity index is 4530. The minimum Gasteiger partial charge on any atom is -0.507 e.